The molecule has 0 unspecified atom stereocenters. The molecule has 2 aromatic rings. The van der Waals surface area contributed by atoms with Gasteiger partial charge in [0.15, 0.2) is 8.32 Å². The Bertz CT molecular complexity index is 1040. The average Bonchev–Trinajstić information content (AvgIpc) is 2.98. The fraction of sp³-hybridized carbons (Fsp3) is 0.605. The molecule has 0 aromatic heterocycles. The number of aliphatic hydroxyl groups is 1. The lowest BCUT2D eigenvalue weighted by Crippen LogP contribution is -2.47. The first-order valence-corrected chi connectivity index (χ1v) is 19.8. The first-order valence-electron chi connectivity index (χ1n) is 16.9. The Morgan fingerprint density at radius 3 is 1.93 bits per heavy atom. The van der Waals surface area contributed by atoms with Gasteiger partial charge in [-0.3, -0.25) is 0 Å². The van der Waals surface area contributed by atoms with E-state index in [1.807, 2.05) is 54.6 Å². The lowest BCUT2D eigenvalue weighted by Gasteiger charge is -2.40. The molecule has 0 aliphatic carbocycles. The van der Waals surface area contributed by atoms with Crippen LogP contribution in [0.2, 0.25) is 18.1 Å². The molecule has 2 atom stereocenters. The average molecular weight is 609 g/mol. The summed E-state index contributed by atoms with van der Waals surface area (Å²) >= 11 is 0. The van der Waals surface area contributed by atoms with Gasteiger partial charge in [-0.15, -0.1) is 0 Å². The van der Waals surface area contributed by atoms with Gasteiger partial charge >= 0.3 is 5.97 Å². The molecule has 4 nitrogen and oxygen atoms in total. The number of allylic oxidation sites excluding steroid dienone is 1. The summed E-state index contributed by atoms with van der Waals surface area (Å²) in [6.07, 6.45) is 18.6. The van der Waals surface area contributed by atoms with Crippen LogP contribution in [0.4, 0.5) is 0 Å². The second-order valence-corrected chi connectivity index (χ2v) is 18.3. The number of hydrogen-bond donors (Lipinski definition) is 1. The highest BCUT2D eigenvalue weighted by Crippen LogP contribution is 2.38. The number of benzene rings is 2. The van der Waals surface area contributed by atoms with Crippen molar-refractivity contribution < 1.29 is 19.1 Å². The Hall–Kier alpha value is -2.21. The van der Waals surface area contributed by atoms with Crippen LogP contribution in [0.1, 0.15) is 122 Å². The van der Waals surface area contributed by atoms with Crippen LogP contribution in [-0.4, -0.2) is 38.2 Å². The SMILES string of the molecule is CCCCCCCCCCCC[C@@H](O)[C@@H](CC/C=C/COC(=O)c1ccc(-c2ccccc2)cc1)O[Si](C)(C)C(C)(C)C. The monoisotopic (exact) mass is 608 g/mol. The largest absolute Gasteiger partial charge is 0.458 e. The summed E-state index contributed by atoms with van der Waals surface area (Å²) in [5.41, 5.74) is 2.74. The van der Waals surface area contributed by atoms with Crippen LogP contribution in [0.5, 0.6) is 0 Å². The standard InChI is InChI=1S/C38H60O4Si/c1-7-8-9-10-11-12-13-14-15-20-25-35(39)36(42-43(5,6)38(2,3)4)26-21-17-22-31-41-37(40)34-29-27-33(28-30-34)32-23-18-16-19-24-32/h16-19,22-24,27-30,35-36,39H,7-15,20-21,25-26,31H2,1-6H3/b22-17+/t35-,36-/m1/s1. The Morgan fingerprint density at radius 1 is 0.791 bits per heavy atom. The molecule has 0 fully saturated rings. The second-order valence-electron chi connectivity index (χ2n) is 13.5. The lowest BCUT2D eigenvalue weighted by molar-refractivity contribution is 0.0167. The van der Waals surface area contributed by atoms with Crippen LogP contribution in [0.15, 0.2) is 66.7 Å². The van der Waals surface area contributed by atoms with Gasteiger partial charge < -0.3 is 14.3 Å². The third-order valence-electron chi connectivity index (χ3n) is 8.86. The zero-order valence-corrected chi connectivity index (χ0v) is 29.1. The molecule has 0 heterocycles. The van der Waals surface area contributed by atoms with E-state index in [0.29, 0.717) is 5.56 Å². The van der Waals surface area contributed by atoms with Crippen LogP contribution in [-0.2, 0) is 9.16 Å². The maximum absolute atomic E-state index is 12.5. The van der Waals surface area contributed by atoms with Gasteiger partial charge in [0.2, 0.25) is 0 Å². The molecule has 0 saturated heterocycles. The van der Waals surface area contributed by atoms with Crippen molar-refractivity contribution in [3.05, 3.63) is 72.3 Å². The van der Waals surface area contributed by atoms with Crippen LogP contribution in [0.25, 0.3) is 11.1 Å². The number of carbonyl (C=O) groups excluding carboxylic acids is 1. The van der Waals surface area contributed by atoms with E-state index in [-0.39, 0.29) is 23.7 Å². The second kappa shape index (κ2) is 19.9. The van der Waals surface area contributed by atoms with Gasteiger partial charge in [0.25, 0.3) is 0 Å². The van der Waals surface area contributed by atoms with Crippen molar-refractivity contribution >= 4 is 14.3 Å². The van der Waals surface area contributed by atoms with E-state index >= 15 is 0 Å². The van der Waals surface area contributed by atoms with E-state index in [9.17, 15) is 9.90 Å². The molecule has 1 N–H and O–H groups in total. The quantitative estimate of drug-likeness (QED) is 0.0663. The number of esters is 1. The van der Waals surface area contributed by atoms with Gasteiger partial charge in [0, 0.05) is 0 Å². The normalized spacial score (nSPS) is 13.7. The number of rotatable bonds is 21. The van der Waals surface area contributed by atoms with Crippen molar-refractivity contribution in [2.75, 3.05) is 6.61 Å². The number of carbonyl (C=O) groups is 1. The maximum Gasteiger partial charge on any atom is 0.338 e. The number of unbranched alkanes of at least 4 members (excludes halogenated alkanes) is 9. The fourth-order valence-electron chi connectivity index (χ4n) is 4.99. The fourth-order valence-corrected chi connectivity index (χ4v) is 6.38. The van der Waals surface area contributed by atoms with Crippen LogP contribution in [0, 0.1) is 0 Å². The van der Waals surface area contributed by atoms with E-state index in [0.717, 1.165) is 36.8 Å². The first-order chi connectivity index (χ1) is 20.5. The summed E-state index contributed by atoms with van der Waals surface area (Å²) < 4.78 is 12.2. The van der Waals surface area contributed by atoms with Crippen molar-refractivity contribution in [1.29, 1.82) is 0 Å². The van der Waals surface area contributed by atoms with Crippen molar-refractivity contribution in [3.63, 3.8) is 0 Å². The van der Waals surface area contributed by atoms with Crippen LogP contribution in [0.3, 0.4) is 0 Å². The van der Waals surface area contributed by atoms with E-state index < -0.39 is 14.4 Å². The zero-order chi connectivity index (χ0) is 31.6. The highest BCUT2D eigenvalue weighted by Gasteiger charge is 2.40. The molecule has 240 valence electrons. The van der Waals surface area contributed by atoms with Gasteiger partial charge in [0.1, 0.15) is 6.61 Å². The van der Waals surface area contributed by atoms with E-state index in [1.54, 1.807) is 0 Å². The number of aliphatic hydroxyl groups excluding tert-OH is 1. The smallest absolute Gasteiger partial charge is 0.338 e. The zero-order valence-electron chi connectivity index (χ0n) is 28.1. The van der Waals surface area contributed by atoms with Crippen molar-refractivity contribution in [2.45, 2.75) is 142 Å². The summed E-state index contributed by atoms with van der Waals surface area (Å²) in [5.74, 6) is -0.324. The van der Waals surface area contributed by atoms with Crippen LogP contribution >= 0.6 is 0 Å². The first kappa shape index (κ1) is 37.0. The molecule has 0 bridgehead atoms. The maximum atomic E-state index is 12.5. The number of hydrogen-bond acceptors (Lipinski definition) is 4. The van der Waals surface area contributed by atoms with Crippen molar-refractivity contribution in [3.8, 4) is 11.1 Å². The molecule has 2 rings (SSSR count). The predicted molar refractivity (Wildman–Crippen MR) is 185 cm³/mol. The van der Waals surface area contributed by atoms with Gasteiger partial charge in [-0.1, -0.05) is 147 Å². The third kappa shape index (κ3) is 14.4. The summed E-state index contributed by atoms with van der Waals surface area (Å²) in [7, 11) is -2.02. The molecule has 5 heteroatoms. The number of ether oxygens (including phenoxy) is 1. The van der Waals surface area contributed by atoms with E-state index in [2.05, 4.69) is 52.9 Å². The van der Waals surface area contributed by atoms with Gasteiger partial charge in [-0.25, -0.2) is 4.79 Å². The summed E-state index contributed by atoms with van der Waals surface area (Å²) in [6, 6.07) is 17.6. The predicted octanol–water partition coefficient (Wildman–Crippen LogP) is 10.9. The molecule has 0 radical (unpaired) electrons. The Labute approximate surface area is 264 Å². The topological polar surface area (TPSA) is 55.8 Å². The van der Waals surface area contributed by atoms with Gasteiger partial charge in [-0.2, -0.15) is 0 Å². The molecular formula is C38H60O4Si. The highest BCUT2D eigenvalue weighted by molar-refractivity contribution is 6.74. The summed E-state index contributed by atoms with van der Waals surface area (Å²) in [6.45, 7) is 13.7. The summed E-state index contributed by atoms with van der Waals surface area (Å²) in [4.78, 5) is 12.5. The molecular weight excluding hydrogens is 549 g/mol. The molecule has 2 aromatic carbocycles. The van der Waals surface area contributed by atoms with Gasteiger partial charge in [0.05, 0.1) is 17.8 Å². The Balaban J connectivity index is 1.77. The van der Waals surface area contributed by atoms with Crippen molar-refractivity contribution in [2.24, 2.45) is 0 Å². The summed E-state index contributed by atoms with van der Waals surface area (Å²) in [5, 5.41) is 11.2. The van der Waals surface area contributed by atoms with Crippen LogP contribution < -0.4 is 0 Å². The Morgan fingerprint density at radius 2 is 1.35 bits per heavy atom. The lowest BCUT2D eigenvalue weighted by atomic mass is 10.0. The van der Waals surface area contributed by atoms with Gasteiger partial charge in [-0.05, 0) is 60.7 Å². The van der Waals surface area contributed by atoms with E-state index in [1.165, 1.54) is 57.8 Å². The Kier molecular flexibility index (Phi) is 17.1. The third-order valence-corrected chi connectivity index (χ3v) is 13.4. The molecule has 0 aliphatic rings. The minimum Gasteiger partial charge on any atom is -0.458 e. The molecule has 0 aliphatic heterocycles. The molecule has 43 heavy (non-hydrogen) atoms. The minimum atomic E-state index is -2.02. The van der Waals surface area contributed by atoms with Crippen molar-refractivity contribution in [1.82, 2.24) is 0 Å². The highest BCUT2D eigenvalue weighted by atomic mass is 28.4. The molecule has 0 amide bonds. The molecule has 0 saturated carbocycles. The van der Waals surface area contributed by atoms with E-state index in [4.69, 9.17) is 9.16 Å². The minimum absolute atomic E-state index is 0.0887. The molecule has 0 spiro atoms.